The van der Waals surface area contributed by atoms with E-state index in [2.05, 4.69) is 25.6 Å². The van der Waals surface area contributed by atoms with Crippen LogP contribution in [0.15, 0.2) is 63.3 Å². The molecule has 2 N–H and O–H groups in total. The molecule has 2 amide bonds. The molecule has 0 unspecified atom stereocenters. The number of thioether (sulfide) groups is 2. The number of hydrogen-bond acceptors (Lipinski definition) is 9. The summed E-state index contributed by atoms with van der Waals surface area (Å²) in [5.74, 6) is -0.779. The Morgan fingerprint density at radius 1 is 0.706 bits per heavy atom. The lowest BCUT2D eigenvalue weighted by atomic mass is 10.2. The van der Waals surface area contributed by atoms with Crippen molar-refractivity contribution in [3.05, 3.63) is 66.0 Å². The lowest BCUT2D eigenvalue weighted by molar-refractivity contribution is 0.101. The molecule has 0 atom stereocenters. The fraction of sp³-hybridized carbons (Fsp3) is 0.0870. The van der Waals surface area contributed by atoms with Gasteiger partial charge in [-0.1, -0.05) is 29.6 Å². The van der Waals surface area contributed by atoms with Crippen LogP contribution in [0.1, 0.15) is 21.0 Å². The molecule has 2 aromatic carbocycles. The van der Waals surface area contributed by atoms with E-state index in [9.17, 15) is 9.59 Å². The monoisotopic (exact) mass is 523 g/mol. The SMILES string of the molecule is CSc1nc2ccc(NC(=O)c3cccc(C(=O)Nc4ccc5nc(SC)sc5c4)n3)cc2s1. The van der Waals surface area contributed by atoms with Crippen molar-refractivity contribution < 1.29 is 9.59 Å². The van der Waals surface area contributed by atoms with Crippen molar-refractivity contribution in [3.63, 3.8) is 0 Å². The third-order valence-corrected chi connectivity index (χ3v) is 8.82. The Labute approximate surface area is 211 Å². The summed E-state index contributed by atoms with van der Waals surface area (Å²) < 4.78 is 3.92. The summed E-state index contributed by atoms with van der Waals surface area (Å²) in [6, 6.07) is 15.9. The second-order valence-corrected chi connectivity index (χ2v) is 11.2. The van der Waals surface area contributed by atoms with Gasteiger partial charge in [0.05, 0.1) is 20.4 Å². The number of carbonyl (C=O) groups excluding carboxylic acids is 2. The first kappa shape index (κ1) is 22.8. The molecule has 3 heterocycles. The van der Waals surface area contributed by atoms with Gasteiger partial charge in [0.25, 0.3) is 11.8 Å². The quantitative estimate of drug-likeness (QED) is 0.254. The predicted octanol–water partition coefficient (Wildman–Crippen LogP) is 6.25. The van der Waals surface area contributed by atoms with Crippen LogP contribution in [0.3, 0.4) is 0 Å². The summed E-state index contributed by atoms with van der Waals surface area (Å²) in [5, 5.41) is 5.71. The summed E-state index contributed by atoms with van der Waals surface area (Å²) in [6.07, 6.45) is 3.96. The van der Waals surface area contributed by atoms with Gasteiger partial charge in [-0.15, -0.1) is 22.7 Å². The van der Waals surface area contributed by atoms with Crippen LogP contribution in [-0.2, 0) is 0 Å². The second kappa shape index (κ2) is 9.71. The third-order valence-electron chi connectivity index (χ3n) is 4.82. The molecular formula is C23H17N5O2S4. The van der Waals surface area contributed by atoms with E-state index < -0.39 is 0 Å². The van der Waals surface area contributed by atoms with Crippen molar-refractivity contribution in [1.29, 1.82) is 0 Å². The molecule has 0 saturated heterocycles. The Bertz CT molecular complexity index is 1430. The minimum Gasteiger partial charge on any atom is -0.321 e. The van der Waals surface area contributed by atoms with Crippen LogP contribution in [0.4, 0.5) is 11.4 Å². The fourth-order valence-corrected chi connectivity index (χ4v) is 6.27. The number of thiazole rings is 2. The van der Waals surface area contributed by atoms with E-state index in [0.29, 0.717) is 11.4 Å². The largest absolute Gasteiger partial charge is 0.321 e. The predicted molar refractivity (Wildman–Crippen MR) is 143 cm³/mol. The van der Waals surface area contributed by atoms with Gasteiger partial charge < -0.3 is 10.6 Å². The maximum Gasteiger partial charge on any atom is 0.274 e. The highest BCUT2D eigenvalue weighted by atomic mass is 32.2. The molecule has 7 nitrogen and oxygen atoms in total. The zero-order chi connectivity index (χ0) is 23.7. The van der Waals surface area contributed by atoms with Crippen molar-refractivity contribution in [1.82, 2.24) is 15.0 Å². The Balaban J connectivity index is 1.31. The van der Waals surface area contributed by atoms with Gasteiger partial charge in [0.15, 0.2) is 8.68 Å². The van der Waals surface area contributed by atoms with Gasteiger partial charge >= 0.3 is 0 Å². The zero-order valence-corrected chi connectivity index (χ0v) is 21.3. The van der Waals surface area contributed by atoms with Gasteiger partial charge in [0.2, 0.25) is 0 Å². The van der Waals surface area contributed by atoms with E-state index in [-0.39, 0.29) is 23.2 Å². The number of aromatic nitrogens is 3. The molecule has 0 bridgehead atoms. The molecule has 3 aromatic heterocycles. The number of benzene rings is 2. The van der Waals surface area contributed by atoms with Gasteiger partial charge in [-0.25, -0.2) is 15.0 Å². The first-order valence-corrected chi connectivity index (χ1v) is 14.1. The highest BCUT2D eigenvalue weighted by molar-refractivity contribution is 8.00. The molecule has 0 saturated carbocycles. The lowest BCUT2D eigenvalue weighted by Crippen LogP contribution is -2.18. The van der Waals surface area contributed by atoms with Crippen LogP contribution in [0.2, 0.25) is 0 Å². The zero-order valence-electron chi connectivity index (χ0n) is 18.0. The Morgan fingerprint density at radius 3 is 1.62 bits per heavy atom. The summed E-state index contributed by atoms with van der Waals surface area (Å²) in [4.78, 5) is 38.9. The Kier molecular flexibility index (Phi) is 6.50. The van der Waals surface area contributed by atoms with E-state index in [0.717, 1.165) is 29.1 Å². The number of anilines is 2. The third kappa shape index (κ3) is 4.78. The summed E-state index contributed by atoms with van der Waals surface area (Å²) in [7, 11) is 0. The van der Waals surface area contributed by atoms with E-state index in [4.69, 9.17) is 0 Å². The first-order valence-electron chi connectivity index (χ1n) is 10.0. The smallest absolute Gasteiger partial charge is 0.274 e. The molecule has 170 valence electrons. The number of amides is 2. The van der Waals surface area contributed by atoms with Gasteiger partial charge in [-0.2, -0.15) is 0 Å². The van der Waals surface area contributed by atoms with Crippen LogP contribution >= 0.6 is 46.2 Å². The minimum atomic E-state index is -0.390. The van der Waals surface area contributed by atoms with Crippen LogP contribution in [-0.4, -0.2) is 39.3 Å². The number of fused-ring (bicyclic) bond motifs is 2. The van der Waals surface area contributed by atoms with Gasteiger partial charge in [-0.3, -0.25) is 9.59 Å². The molecule has 5 rings (SSSR count). The Morgan fingerprint density at radius 2 is 1.18 bits per heavy atom. The van der Waals surface area contributed by atoms with Crippen molar-refractivity contribution in [2.45, 2.75) is 8.68 Å². The van der Waals surface area contributed by atoms with Gasteiger partial charge in [0, 0.05) is 11.4 Å². The molecule has 11 heteroatoms. The molecule has 5 aromatic rings. The lowest BCUT2D eigenvalue weighted by Gasteiger charge is -2.07. The maximum atomic E-state index is 12.8. The molecule has 0 aliphatic heterocycles. The molecular weight excluding hydrogens is 507 g/mol. The second-order valence-electron chi connectivity index (χ2n) is 7.05. The average molecular weight is 524 g/mol. The summed E-state index contributed by atoms with van der Waals surface area (Å²) in [6.45, 7) is 0. The van der Waals surface area contributed by atoms with E-state index in [1.165, 1.54) is 0 Å². The molecule has 0 spiro atoms. The van der Waals surface area contributed by atoms with Crippen LogP contribution in [0.5, 0.6) is 0 Å². The normalized spacial score (nSPS) is 11.1. The number of rotatable bonds is 6. The highest BCUT2D eigenvalue weighted by Gasteiger charge is 2.14. The van der Waals surface area contributed by atoms with E-state index >= 15 is 0 Å². The Hall–Kier alpha value is -2.99. The van der Waals surface area contributed by atoms with Crippen LogP contribution in [0, 0.1) is 0 Å². The van der Waals surface area contributed by atoms with E-state index in [1.807, 2.05) is 36.8 Å². The molecule has 34 heavy (non-hydrogen) atoms. The fourth-order valence-electron chi connectivity index (χ4n) is 3.21. The average Bonchev–Trinajstić information content (AvgIpc) is 3.46. The van der Waals surface area contributed by atoms with Crippen LogP contribution < -0.4 is 10.6 Å². The van der Waals surface area contributed by atoms with Crippen LogP contribution in [0.25, 0.3) is 20.4 Å². The van der Waals surface area contributed by atoms with Crippen molar-refractivity contribution in [3.8, 4) is 0 Å². The number of nitrogens with one attached hydrogen (secondary N) is 2. The topological polar surface area (TPSA) is 96.9 Å². The molecule has 0 fully saturated rings. The van der Waals surface area contributed by atoms with Crippen molar-refractivity contribution in [2.24, 2.45) is 0 Å². The number of hydrogen-bond donors (Lipinski definition) is 2. The minimum absolute atomic E-state index is 0.157. The van der Waals surface area contributed by atoms with Gasteiger partial charge in [0.1, 0.15) is 11.4 Å². The first-order chi connectivity index (χ1) is 16.5. The van der Waals surface area contributed by atoms with Gasteiger partial charge in [-0.05, 0) is 61.0 Å². The summed E-state index contributed by atoms with van der Waals surface area (Å²) in [5.41, 5.74) is 3.39. The summed E-state index contributed by atoms with van der Waals surface area (Å²) >= 11 is 6.32. The van der Waals surface area contributed by atoms with E-state index in [1.54, 1.807) is 76.5 Å². The van der Waals surface area contributed by atoms with Crippen molar-refractivity contribution in [2.75, 3.05) is 23.1 Å². The number of carbonyl (C=O) groups is 2. The maximum absolute atomic E-state index is 12.8. The number of nitrogens with zero attached hydrogens (tertiary/aromatic N) is 3. The standard InChI is InChI=1S/C23H17N5O2S4/c1-31-22-27-14-8-6-12(10-18(14)33-22)24-20(29)16-4-3-5-17(26-16)21(30)25-13-7-9-15-19(11-13)34-23(28-15)32-2/h3-11H,1-2H3,(H,24,29)(H,25,30). The van der Waals surface area contributed by atoms with Crippen molar-refractivity contribution >= 4 is 89.8 Å². The molecule has 0 radical (unpaired) electrons. The number of pyridine rings is 1. The molecule has 0 aliphatic rings. The molecule has 0 aliphatic carbocycles. The highest BCUT2D eigenvalue weighted by Crippen LogP contribution is 2.31.